The summed E-state index contributed by atoms with van der Waals surface area (Å²) in [6.45, 7) is 2.13. The second-order valence-electron chi connectivity index (χ2n) is 7.02. The normalized spacial score (nSPS) is 18.9. The SMILES string of the molecule is O=S(=O)(c1ccccc1)N1CCN(c2cnn3c(C4CC4)nnc3c2)CC1. The molecular weight excluding hydrogens is 364 g/mol. The van der Waals surface area contributed by atoms with Gasteiger partial charge in [-0.25, -0.2) is 8.42 Å². The van der Waals surface area contributed by atoms with Crippen LogP contribution in [0, 0.1) is 0 Å². The van der Waals surface area contributed by atoms with Crippen molar-refractivity contribution in [1.29, 1.82) is 0 Å². The molecule has 2 aromatic heterocycles. The number of sulfonamides is 1. The number of rotatable bonds is 4. The molecule has 0 amide bonds. The lowest BCUT2D eigenvalue weighted by atomic mass is 10.3. The van der Waals surface area contributed by atoms with Crippen molar-refractivity contribution in [2.75, 3.05) is 31.1 Å². The van der Waals surface area contributed by atoms with Gasteiger partial charge in [0.1, 0.15) is 0 Å². The maximum atomic E-state index is 12.8. The molecule has 0 atom stereocenters. The van der Waals surface area contributed by atoms with Gasteiger partial charge >= 0.3 is 0 Å². The predicted molar refractivity (Wildman–Crippen MR) is 100 cm³/mol. The Morgan fingerprint density at radius 1 is 0.963 bits per heavy atom. The van der Waals surface area contributed by atoms with Gasteiger partial charge in [-0.05, 0) is 25.0 Å². The Balaban J connectivity index is 1.32. The lowest BCUT2D eigenvalue weighted by Gasteiger charge is -2.35. The van der Waals surface area contributed by atoms with E-state index in [9.17, 15) is 8.42 Å². The van der Waals surface area contributed by atoms with Crippen molar-refractivity contribution in [3.63, 3.8) is 0 Å². The van der Waals surface area contributed by atoms with Crippen LogP contribution in [0.15, 0.2) is 47.5 Å². The van der Waals surface area contributed by atoms with Crippen LogP contribution in [0.5, 0.6) is 0 Å². The summed E-state index contributed by atoms with van der Waals surface area (Å²) in [4.78, 5) is 2.49. The quantitative estimate of drug-likeness (QED) is 0.678. The molecule has 0 bridgehead atoms. The number of aromatic nitrogens is 4. The summed E-state index contributed by atoms with van der Waals surface area (Å²) in [5.41, 5.74) is 1.70. The van der Waals surface area contributed by atoms with E-state index in [1.807, 2.05) is 22.8 Å². The average Bonchev–Trinajstić information content (AvgIpc) is 3.47. The Labute approximate surface area is 157 Å². The van der Waals surface area contributed by atoms with Crippen molar-refractivity contribution in [3.8, 4) is 0 Å². The molecule has 0 N–H and O–H groups in total. The van der Waals surface area contributed by atoms with Gasteiger partial charge in [-0.1, -0.05) is 18.2 Å². The molecule has 2 fully saturated rings. The maximum Gasteiger partial charge on any atom is 0.243 e. The number of piperazine rings is 1. The van der Waals surface area contributed by atoms with Gasteiger partial charge in [0.15, 0.2) is 11.5 Å². The van der Waals surface area contributed by atoms with Crippen molar-refractivity contribution in [2.24, 2.45) is 0 Å². The predicted octanol–water partition coefficient (Wildman–Crippen LogP) is 1.51. The lowest BCUT2D eigenvalue weighted by Crippen LogP contribution is -2.48. The Morgan fingerprint density at radius 3 is 2.41 bits per heavy atom. The topological polar surface area (TPSA) is 83.7 Å². The lowest BCUT2D eigenvalue weighted by molar-refractivity contribution is 0.384. The summed E-state index contributed by atoms with van der Waals surface area (Å²) in [6.07, 6.45) is 4.13. The number of hydrogen-bond donors (Lipinski definition) is 0. The van der Waals surface area contributed by atoms with Crippen LogP contribution < -0.4 is 4.90 Å². The molecule has 1 saturated carbocycles. The minimum absolute atomic E-state index is 0.345. The van der Waals surface area contributed by atoms with Crippen LogP contribution in [0.3, 0.4) is 0 Å². The molecule has 0 radical (unpaired) electrons. The van der Waals surface area contributed by atoms with Crippen molar-refractivity contribution in [1.82, 2.24) is 24.1 Å². The van der Waals surface area contributed by atoms with Gasteiger partial charge in [-0.2, -0.15) is 13.9 Å². The molecule has 3 aromatic rings. The van der Waals surface area contributed by atoms with E-state index >= 15 is 0 Å². The molecule has 3 heterocycles. The van der Waals surface area contributed by atoms with Crippen LogP contribution in [-0.2, 0) is 10.0 Å². The zero-order valence-corrected chi connectivity index (χ0v) is 15.6. The molecule has 1 aliphatic heterocycles. The third-order valence-corrected chi connectivity index (χ3v) is 7.11. The van der Waals surface area contributed by atoms with Crippen LogP contribution in [0.1, 0.15) is 24.6 Å². The second-order valence-corrected chi connectivity index (χ2v) is 8.96. The summed E-state index contributed by atoms with van der Waals surface area (Å²) >= 11 is 0. The minimum Gasteiger partial charge on any atom is -0.367 e. The van der Waals surface area contributed by atoms with E-state index in [1.54, 1.807) is 28.6 Å². The Morgan fingerprint density at radius 2 is 1.70 bits per heavy atom. The number of nitrogens with zero attached hydrogens (tertiary/aromatic N) is 6. The fourth-order valence-electron chi connectivity index (χ4n) is 3.50. The molecule has 1 saturated heterocycles. The highest BCUT2D eigenvalue weighted by Crippen LogP contribution is 2.38. The molecular formula is C18H20N6O2S. The highest BCUT2D eigenvalue weighted by atomic mass is 32.2. The van der Waals surface area contributed by atoms with Crippen LogP contribution in [0.2, 0.25) is 0 Å². The van der Waals surface area contributed by atoms with Crippen molar-refractivity contribution in [3.05, 3.63) is 48.4 Å². The first-order chi connectivity index (χ1) is 13.1. The molecule has 0 unspecified atom stereocenters. The zero-order chi connectivity index (χ0) is 18.4. The minimum atomic E-state index is -3.44. The maximum absolute atomic E-state index is 12.8. The summed E-state index contributed by atoms with van der Waals surface area (Å²) in [5, 5.41) is 13.0. The summed E-state index contributed by atoms with van der Waals surface area (Å²) < 4.78 is 28.9. The first-order valence-corrected chi connectivity index (χ1v) is 10.6. The summed E-state index contributed by atoms with van der Waals surface area (Å²) in [6, 6.07) is 10.6. The molecule has 27 heavy (non-hydrogen) atoms. The molecule has 9 heteroatoms. The van der Waals surface area contributed by atoms with E-state index in [4.69, 9.17) is 0 Å². The average molecular weight is 384 g/mol. The van der Waals surface area contributed by atoms with Gasteiger partial charge < -0.3 is 4.90 Å². The van der Waals surface area contributed by atoms with E-state index in [2.05, 4.69) is 20.2 Å². The standard InChI is InChI=1S/C18H20N6O2S/c25-27(26,16-4-2-1-3-5-16)23-10-8-22(9-11-23)15-12-17-20-21-18(14-6-7-14)24(17)19-13-15/h1-5,12-14H,6-11H2. The highest BCUT2D eigenvalue weighted by Gasteiger charge is 2.30. The van der Waals surface area contributed by atoms with Gasteiger partial charge in [0, 0.05) is 38.2 Å². The third-order valence-electron chi connectivity index (χ3n) is 5.20. The fourth-order valence-corrected chi connectivity index (χ4v) is 4.94. The first kappa shape index (κ1) is 16.6. The summed E-state index contributed by atoms with van der Waals surface area (Å²) in [7, 11) is -3.44. The summed E-state index contributed by atoms with van der Waals surface area (Å²) in [5.74, 6) is 1.43. The number of fused-ring (bicyclic) bond motifs is 1. The van der Waals surface area contributed by atoms with Gasteiger partial charge in [0.05, 0.1) is 16.8 Å². The van der Waals surface area contributed by atoms with Crippen molar-refractivity contribution >= 4 is 21.4 Å². The molecule has 8 nitrogen and oxygen atoms in total. The molecule has 2 aliphatic rings. The van der Waals surface area contributed by atoms with E-state index in [1.165, 1.54) is 0 Å². The van der Waals surface area contributed by atoms with E-state index in [-0.39, 0.29) is 0 Å². The number of benzene rings is 1. The fraction of sp³-hybridized carbons (Fsp3) is 0.389. The largest absolute Gasteiger partial charge is 0.367 e. The first-order valence-electron chi connectivity index (χ1n) is 9.14. The van der Waals surface area contributed by atoms with E-state index in [0.717, 1.165) is 30.0 Å². The van der Waals surface area contributed by atoms with E-state index < -0.39 is 10.0 Å². The van der Waals surface area contributed by atoms with Crippen LogP contribution in [0.4, 0.5) is 5.69 Å². The van der Waals surface area contributed by atoms with Crippen molar-refractivity contribution in [2.45, 2.75) is 23.7 Å². The van der Waals surface area contributed by atoms with Gasteiger partial charge in [0.2, 0.25) is 10.0 Å². The molecule has 5 rings (SSSR count). The number of hydrogen-bond acceptors (Lipinski definition) is 6. The van der Waals surface area contributed by atoms with Crippen molar-refractivity contribution < 1.29 is 8.42 Å². The highest BCUT2D eigenvalue weighted by molar-refractivity contribution is 7.89. The molecule has 1 aliphatic carbocycles. The third kappa shape index (κ3) is 2.96. The Hall–Kier alpha value is -2.52. The van der Waals surface area contributed by atoms with Gasteiger partial charge in [-0.15, -0.1) is 10.2 Å². The molecule has 1 aromatic carbocycles. The van der Waals surface area contributed by atoms with Gasteiger partial charge in [0.25, 0.3) is 0 Å². The van der Waals surface area contributed by atoms with Crippen LogP contribution in [0.25, 0.3) is 5.65 Å². The molecule has 0 spiro atoms. The Bertz CT molecular complexity index is 1070. The second kappa shape index (κ2) is 6.28. The zero-order valence-electron chi connectivity index (χ0n) is 14.8. The van der Waals surface area contributed by atoms with Crippen LogP contribution in [-0.4, -0.2) is 58.7 Å². The number of anilines is 1. The van der Waals surface area contributed by atoms with Gasteiger partial charge in [-0.3, -0.25) is 0 Å². The molecule has 140 valence electrons. The van der Waals surface area contributed by atoms with E-state index in [0.29, 0.717) is 37.0 Å². The Kier molecular flexibility index (Phi) is 3.87. The van der Waals surface area contributed by atoms with Crippen LogP contribution >= 0.6 is 0 Å². The smallest absolute Gasteiger partial charge is 0.243 e. The monoisotopic (exact) mass is 384 g/mol.